The monoisotopic (exact) mass is 224 g/mol. The number of nitrogens with one attached hydrogen (secondary N) is 1. The van der Waals surface area contributed by atoms with Gasteiger partial charge in [0.05, 0.1) is 0 Å². The molecule has 0 spiro atoms. The first-order valence-electron chi connectivity index (χ1n) is 5.57. The third-order valence-electron chi connectivity index (χ3n) is 3.46. The summed E-state index contributed by atoms with van der Waals surface area (Å²) in [6.45, 7) is 1.12. The third-order valence-corrected chi connectivity index (χ3v) is 3.46. The van der Waals surface area contributed by atoms with E-state index in [0.29, 0.717) is 5.41 Å². The molecule has 1 aromatic rings. The SMILES string of the molecule is CNCC1(c2ccccc2)CCCC1.[Cl-]. The van der Waals surface area contributed by atoms with E-state index in [2.05, 4.69) is 42.7 Å². The van der Waals surface area contributed by atoms with E-state index in [1.807, 2.05) is 0 Å². The van der Waals surface area contributed by atoms with Crippen molar-refractivity contribution in [2.24, 2.45) is 0 Å². The molecular formula is C13H19ClN-. The van der Waals surface area contributed by atoms with Crippen molar-refractivity contribution < 1.29 is 12.4 Å². The maximum Gasteiger partial charge on any atom is 0.00776 e. The summed E-state index contributed by atoms with van der Waals surface area (Å²) in [5.41, 5.74) is 1.95. The molecule has 0 heterocycles. The molecule has 0 atom stereocenters. The van der Waals surface area contributed by atoms with Gasteiger partial charge in [-0.1, -0.05) is 43.2 Å². The van der Waals surface area contributed by atoms with Crippen LogP contribution in [0.4, 0.5) is 0 Å². The fourth-order valence-electron chi connectivity index (χ4n) is 2.75. The Balaban J connectivity index is 0.00000112. The topological polar surface area (TPSA) is 12.0 Å². The van der Waals surface area contributed by atoms with Gasteiger partial charge in [0.1, 0.15) is 0 Å². The van der Waals surface area contributed by atoms with Crippen LogP contribution in [0.1, 0.15) is 31.2 Å². The van der Waals surface area contributed by atoms with Crippen molar-refractivity contribution in [3.63, 3.8) is 0 Å². The second kappa shape index (κ2) is 5.53. The summed E-state index contributed by atoms with van der Waals surface area (Å²) in [6, 6.07) is 11.0. The lowest BCUT2D eigenvalue weighted by Crippen LogP contribution is -3.00. The molecule has 1 aliphatic rings. The summed E-state index contributed by atoms with van der Waals surface area (Å²) in [7, 11) is 2.06. The number of benzene rings is 1. The van der Waals surface area contributed by atoms with E-state index >= 15 is 0 Å². The minimum absolute atomic E-state index is 0. The van der Waals surface area contributed by atoms with Crippen molar-refractivity contribution in [3.8, 4) is 0 Å². The molecule has 0 radical (unpaired) electrons. The van der Waals surface area contributed by atoms with E-state index in [-0.39, 0.29) is 12.4 Å². The molecule has 0 saturated heterocycles. The van der Waals surface area contributed by atoms with Gasteiger partial charge in [0, 0.05) is 12.0 Å². The smallest absolute Gasteiger partial charge is 0.00776 e. The standard InChI is InChI=1S/C13H19N.ClH/c1-14-11-13(9-5-6-10-13)12-7-3-2-4-8-12;/h2-4,7-8,14H,5-6,9-11H2,1H3;1H/p-1. The van der Waals surface area contributed by atoms with Crippen LogP contribution in [0.15, 0.2) is 30.3 Å². The first-order chi connectivity index (χ1) is 6.87. The zero-order valence-corrected chi connectivity index (χ0v) is 10.1. The molecule has 0 aromatic heterocycles. The van der Waals surface area contributed by atoms with Gasteiger partial charge in [-0.3, -0.25) is 0 Å². The van der Waals surface area contributed by atoms with E-state index in [1.54, 1.807) is 0 Å². The predicted octanol–water partition coefficient (Wildman–Crippen LogP) is -0.278. The van der Waals surface area contributed by atoms with Gasteiger partial charge in [0.2, 0.25) is 0 Å². The van der Waals surface area contributed by atoms with Gasteiger partial charge in [-0.15, -0.1) is 0 Å². The number of rotatable bonds is 3. The maximum absolute atomic E-state index is 3.35. The van der Waals surface area contributed by atoms with Gasteiger partial charge >= 0.3 is 0 Å². The van der Waals surface area contributed by atoms with Gasteiger partial charge in [-0.2, -0.15) is 0 Å². The Morgan fingerprint density at radius 1 is 1.13 bits per heavy atom. The van der Waals surface area contributed by atoms with E-state index < -0.39 is 0 Å². The Bertz CT molecular complexity index is 278. The zero-order valence-electron chi connectivity index (χ0n) is 9.30. The minimum atomic E-state index is 0. The van der Waals surface area contributed by atoms with E-state index in [9.17, 15) is 0 Å². The van der Waals surface area contributed by atoms with Crippen LogP contribution in [-0.2, 0) is 5.41 Å². The first-order valence-corrected chi connectivity index (χ1v) is 5.57. The minimum Gasteiger partial charge on any atom is -1.00 e. The molecule has 2 heteroatoms. The third kappa shape index (κ3) is 2.53. The molecule has 15 heavy (non-hydrogen) atoms. The normalized spacial score (nSPS) is 18.5. The highest BCUT2D eigenvalue weighted by Crippen LogP contribution is 2.40. The van der Waals surface area contributed by atoms with Crippen molar-refractivity contribution in [1.82, 2.24) is 5.32 Å². The molecule has 1 saturated carbocycles. The molecule has 1 fully saturated rings. The molecule has 1 aromatic carbocycles. The lowest BCUT2D eigenvalue weighted by atomic mass is 9.79. The molecule has 84 valence electrons. The molecule has 1 N–H and O–H groups in total. The molecule has 0 amide bonds. The van der Waals surface area contributed by atoms with E-state index in [0.717, 1.165) is 6.54 Å². The van der Waals surface area contributed by atoms with E-state index in [4.69, 9.17) is 0 Å². The van der Waals surface area contributed by atoms with Crippen molar-refractivity contribution in [3.05, 3.63) is 35.9 Å². The average molecular weight is 225 g/mol. The van der Waals surface area contributed by atoms with Crippen molar-refractivity contribution in [2.45, 2.75) is 31.1 Å². The van der Waals surface area contributed by atoms with Crippen molar-refractivity contribution in [1.29, 1.82) is 0 Å². The fraction of sp³-hybridized carbons (Fsp3) is 0.538. The van der Waals surface area contributed by atoms with E-state index in [1.165, 1.54) is 31.2 Å². The zero-order chi connectivity index (χ0) is 9.86. The summed E-state index contributed by atoms with van der Waals surface area (Å²) in [5.74, 6) is 0. The highest BCUT2D eigenvalue weighted by Gasteiger charge is 2.34. The summed E-state index contributed by atoms with van der Waals surface area (Å²) in [5, 5.41) is 3.35. The predicted molar refractivity (Wildman–Crippen MR) is 60.5 cm³/mol. The second-order valence-corrected chi connectivity index (χ2v) is 4.38. The van der Waals surface area contributed by atoms with Crippen LogP contribution in [0, 0.1) is 0 Å². The summed E-state index contributed by atoms with van der Waals surface area (Å²) >= 11 is 0. The van der Waals surface area contributed by atoms with Crippen molar-refractivity contribution >= 4 is 0 Å². The fourth-order valence-corrected chi connectivity index (χ4v) is 2.75. The molecule has 1 aliphatic carbocycles. The quantitative estimate of drug-likeness (QED) is 0.745. The Labute approximate surface area is 98.7 Å². The lowest BCUT2D eigenvalue weighted by molar-refractivity contribution is -0.00000302. The molecule has 0 bridgehead atoms. The Morgan fingerprint density at radius 2 is 1.73 bits per heavy atom. The Hall–Kier alpha value is -0.530. The molecule has 1 nitrogen and oxygen atoms in total. The molecule has 0 aliphatic heterocycles. The van der Waals surface area contributed by atoms with Crippen LogP contribution < -0.4 is 17.7 Å². The Kier molecular flexibility index (Phi) is 4.62. The van der Waals surface area contributed by atoms with Crippen LogP contribution in [0.3, 0.4) is 0 Å². The van der Waals surface area contributed by atoms with Crippen LogP contribution in [-0.4, -0.2) is 13.6 Å². The largest absolute Gasteiger partial charge is 1.00 e. The molecular weight excluding hydrogens is 206 g/mol. The molecule has 2 rings (SSSR count). The average Bonchev–Trinajstić information content (AvgIpc) is 2.70. The van der Waals surface area contributed by atoms with Gasteiger partial charge in [-0.05, 0) is 25.5 Å². The number of hydrogen-bond acceptors (Lipinski definition) is 1. The Morgan fingerprint density at radius 3 is 2.27 bits per heavy atom. The van der Waals surface area contributed by atoms with Gasteiger partial charge in [-0.25, -0.2) is 0 Å². The first kappa shape index (κ1) is 12.5. The highest BCUT2D eigenvalue weighted by molar-refractivity contribution is 5.27. The van der Waals surface area contributed by atoms with Gasteiger partial charge in [0.15, 0.2) is 0 Å². The van der Waals surface area contributed by atoms with Gasteiger partial charge in [0.25, 0.3) is 0 Å². The van der Waals surface area contributed by atoms with Crippen LogP contribution in [0.2, 0.25) is 0 Å². The van der Waals surface area contributed by atoms with Crippen molar-refractivity contribution in [2.75, 3.05) is 13.6 Å². The second-order valence-electron chi connectivity index (χ2n) is 4.38. The van der Waals surface area contributed by atoms with Crippen LogP contribution in [0.25, 0.3) is 0 Å². The number of halogens is 1. The van der Waals surface area contributed by atoms with Gasteiger partial charge < -0.3 is 17.7 Å². The number of likely N-dealkylation sites (N-methyl/N-ethyl adjacent to an activating group) is 1. The van der Waals surface area contributed by atoms with Crippen LogP contribution >= 0.6 is 0 Å². The maximum atomic E-state index is 3.35. The summed E-state index contributed by atoms with van der Waals surface area (Å²) in [6.07, 6.45) is 5.46. The summed E-state index contributed by atoms with van der Waals surface area (Å²) in [4.78, 5) is 0. The lowest BCUT2D eigenvalue weighted by Gasteiger charge is -2.29. The van der Waals surface area contributed by atoms with Crippen LogP contribution in [0.5, 0.6) is 0 Å². The molecule has 0 unspecified atom stereocenters. The number of hydrogen-bond donors (Lipinski definition) is 1. The summed E-state index contributed by atoms with van der Waals surface area (Å²) < 4.78 is 0. The highest BCUT2D eigenvalue weighted by atomic mass is 35.5.